The number of fused-ring (bicyclic) bond motifs is 1. The molecule has 0 bridgehead atoms. The second kappa shape index (κ2) is 7.94. The van der Waals surface area contributed by atoms with Gasteiger partial charge in [-0.3, -0.25) is 4.79 Å². The van der Waals surface area contributed by atoms with Crippen molar-refractivity contribution in [3.05, 3.63) is 75.7 Å². The molecule has 0 unspecified atom stereocenters. The van der Waals surface area contributed by atoms with Gasteiger partial charge in [0.1, 0.15) is 0 Å². The van der Waals surface area contributed by atoms with Gasteiger partial charge < -0.3 is 5.32 Å². The van der Waals surface area contributed by atoms with Crippen molar-refractivity contribution in [3.8, 4) is 11.3 Å². The lowest BCUT2D eigenvalue weighted by Gasteiger charge is -2.11. The van der Waals surface area contributed by atoms with Gasteiger partial charge in [-0.2, -0.15) is 5.10 Å². The van der Waals surface area contributed by atoms with Gasteiger partial charge >= 0.3 is 0 Å². The molecular formula is C22H22N4OS. The normalized spacial score (nSPS) is 11.1. The standard InChI is InChI=1S/C22H22N4OS/c1-15-19(10-11-22(27)23-14-18-9-6-12-28-18)16(2)26-21(24-15)13-20(25-26)17-7-4-3-5-8-17/h3-9,12-13H,10-11,14H2,1-2H3,(H,23,27). The van der Waals surface area contributed by atoms with Crippen LogP contribution in [0.15, 0.2) is 53.9 Å². The fourth-order valence-electron chi connectivity index (χ4n) is 3.36. The Morgan fingerprint density at radius 3 is 2.71 bits per heavy atom. The Kier molecular flexibility index (Phi) is 5.21. The van der Waals surface area contributed by atoms with E-state index < -0.39 is 0 Å². The largest absolute Gasteiger partial charge is 0.351 e. The number of thiophene rings is 1. The van der Waals surface area contributed by atoms with Gasteiger partial charge in [-0.1, -0.05) is 36.4 Å². The minimum Gasteiger partial charge on any atom is -0.351 e. The highest BCUT2D eigenvalue weighted by Crippen LogP contribution is 2.22. The molecule has 6 heteroatoms. The Hall–Kier alpha value is -2.99. The molecule has 0 aliphatic heterocycles. The van der Waals surface area contributed by atoms with Crippen LogP contribution in [-0.4, -0.2) is 20.5 Å². The van der Waals surface area contributed by atoms with Crippen LogP contribution in [0.4, 0.5) is 0 Å². The van der Waals surface area contributed by atoms with Crippen molar-refractivity contribution in [1.29, 1.82) is 0 Å². The third kappa shape index (κ3) is 3.82. The summed E-state index contributed by atoms with van der Waals surface area (Å²) in [4.78, 5) is 18.1. The molecule has 1 aromatic carbocycles. The summed E-state index contributed by atoms with van der Waals surface area (Å²) in [5, 5.41) is 9.74. The smallest absolute Gasteiger partial charge is 0.220 e. The SMILES string of the molecule is Cc1nc2cc(-c3ccccc3)nn2c(C)c1CCC(=O)NCc1cccs1. The first-order valence-corrected chi connectivity index (χ1v) is 10.2. The summed E-state index contributed by atoms with van der Waals surface area (Å²) in [6.07, 6.45) is 1.09. The number of aryl methyl sites for hydroxylation is 2. The summed E-state index contributed by atoms with van der Waals surface area (Å²) in [7, 11) is 0. The van der Waals surface area contributed by atoms with Crippen LogP contribution in [0.5, 0.6) is 0 Å². The van der Waals surface area contributed by atoms with Gasteiger partial charge in [-0.15, -0.1) is 11.3 Å². The fourth-order valence-corrected chi connectivity index (χ4v) is 4.01. The summed E-state index contributed by atoms with van der Waals surface area (Å²) < 4.78 is 1.88. The van der Waals surface area contributed by atoms with E-state index in [0.29, 0.717) is 19.4 Å². The summed E-state index contributed by atoms with van der Waals surface area (Å²) in [5.41, 5.74) is 5.88. The minimum absolute atomic E-state index is 0.0535. The maximum absolute atomic E-state index is 12.2. The molecule has 28 heavy (non-hydrogen) atoms. The average Bonchev–Trinajstić information content (AvgIpc) is 3.37. The lowest BCUT2D eigenvalue weighted by Crippen LogP contribution is -2.23. The van der Waals surface area contributed by atoms with Crippen LogP contribution in [0.2, 0.25) is 0 Å². The third-order valence-electron chi connectivity index (χ3n) is 4.88. The van der Waals surface area contributed by atoms with E-state index in [1.54, 1.807) is 11.3 Å². The van der Waals surface area contributed by atoms with E-state index >= 15 is 0 Å². The van der Waals surface area contributed by atoms with Gasteiger partial charge in [0.05, 0.1) is 12.2 Å². The summed E-state index contributed by atoms with van der Waals surface area (Å²) in [6, 6.07) is 16.1. The molecule has 3 aromatic heterocycles. The van der Waals surface area contributed by atoms with Crippen molar-refractivity contribution in [2.24, 2.45) is 0 Å². The highest BCUT2D eigenvalue weighted by molar-refractivity contribution is 7.09. The zero-order chi connectivity index (χ0) is 19.5. The highest BCUT2D eigenvalue weighted by Gasteiger charge is 2.14. The molecule has 0 saturated carbocycles. The van der Waals surface area contributed by atoms with Crippen LogP contribution in [0, 0.1) is 13.8 Å². The first-order valence-electron chi connectivity index (χ1n) is 9.32. The maximum Gasteiger partial charge on any atom is 0.220 e. The molecule has 1 amide bonds. The van der Waals surface area contributed by atoms with Gasteiger partial charge in [0, 0.05) is 34.3 Å². The maximum atomic E-state index is 12.2. The van der Waals surface area contributed by atoms with Crippen LogP contribution in [0.25, 0.3) is 16.9 Å². The quantitative estimate of drug-likeness (QED) is 0.533. The van der Waals surface area contributed by atoms with E-state index in [2.05, 4.69) is 5.32 Å². The van der Waals surface area contributed by atoms with Crippen molar-refractivity contribution in [1.82, 2.24) is 19.9 Å². The van der Waals surface area contributed by atoms with Crippen molar-refractivity contribution in [2.45, 2.75) is 33.2 Å². The van der Waals surface area contributed by atoms with Crippen molar-refractivity contribution in [2.75, 3.05) is 0 Å². The molecular weight excluding hydrogens is 368 g/mol. The van der Waals surface area contributed by atoms with E-state index in [9.17, 15) is 4.79 Å². The Balaban J connectivity index is 1.51. The van der Waals surface area contributed by atoms with E-state index in [4.69, 9.17) is 10.1 Å². The summed E-state index contributed by atoms with van der Waals surface area (Å²) in [5.74, 6) is 0.0535. The number of nitrogens with zero attached hydrogens (tertiary/aromatic N) is 3. The number of aromatic nitrogens is 3. The number of hydrogen-bond acceptors (Lipinski definition) is 4. The first kappa shape index (κ1) is 18.4. The van der Waals surface area contributed by atoms with Crippen LogP contribution in [0.3, 0.4) is 0 Å². The lowest BCUT2D eigenvalue weighted by molar-refractivity contribution is -0.121. The zero-order valence-electron chi connectivity index (χ0n) is 16.0. The van der Waals surface area contributed by atoms with Crippen LogP contribution >= 0.6 is 11.3 Å². The molecule has 0 atom stereocenters. The molecule has 0 spiro atoms. The van der Waals surface area contributed by atoms with E-state index in [1.807, 2.05) is 72.3 Å². The molecule has 0 aliphatic rings. The molecule has 0 aliphatic carbocycles. The van der Waals surface area contributed by atoms with Crippen molar-refractivity contribution < 1.29 is 4.79 Å². The van der Waals surface area contributed by atoms with Crippen LogP contribution < -0.4 is 5.32 Å². The Labute approximate surface area is 168 Å². The predicted octanol–water partition coefficient (Wildman–Crippen LogP) is 4.32. The van der Waals surface area contributed by atoms with Gasteiger partial charge in [0.15, 0.2) is 5.65 Å². The molecule has 142 valence electrons. The molecule has 4 rings (SSSR count). The fraction of sp³-hybridized carbons (Fsp3) is 0.227. The van der Waals surface area contributed by atoms with Gasteiger partial charge in [0.2, 0.25) is 5.91 Å². The predicted molar refractivity (Wildman–Crippen MR) is 112 cm³/mol. The molecule has 4 aromatic rings. The van der Waals surface area contributed by atoms with Crippen LogP contribution in [-0.2, 0) is 17.8 Å². The van der Waals surface area contributed by atoms with Crippen molar-refractivity contribution in [3.63, 3.8) is 0 Å². The Bertz CT molecular complexity index is 1100. The number of carbonyl (C=O) groups excluding carboxylic acids is 1. The molecule has 3 heterocycles. The molecule has 0 saturated heterocycles. The number of benzene rings is 1. The topological polar surface area (TPSA) is 59.3 Å². The third-order valence-corrected chi connectivity index (χ3v) is 5.75. The average molecular weight is 391 g/mol. The number of nitrogens with one attached hydrogen (secondary N) is 1. The number of amides is 1. The minimum atomic E-state index is 0.0535. The molecule has 5 nitrogen and oxygen atoms in total. The lowest BCUT2D eigenvalue weighted by atomic mass is 10.1. The number of carbonyl (C=O) groups is 1. The Morgan fingerprint density at radius 2 is 1.96 bits per heavy atom. The number of rotatable bonds is 6. The van der Waals surface area contributed by atoms with Crippen molar-refractivity contribution >= 4 is 22.9 Å². The molecule has 1 N–H and O–H groups in total. The van der Waals surface area contributed by atoms with Gasteiger partial charge in [0.25, 0.3) is 0 Å². The summed E-state index contributed by atoms with van der Waals surface area (Å²) in [6.45, 7) is 4.63. The highest BCUT2D eigenvalue weighted by atomic mass is 32.1. The molecule has 0 radical (unpaired) electrons. The second-order valence-electron chi connectivity index (χ2n) is 6.78. The summed E-state index contributed by atoms with van der Waals surface area (Å²) >= 11 is 1.65. The zero-order valence-corrected chi connectivity index (χ0v) is 16.8. The van der Waals surface area contributed by atoms with Gasteiger partial charge in [-0.25, -0.2) is 9.50 Å². The van der Waals surface area contributed by atoms with Crippen LogP contribution in [0.1, 0.15) is 28.2 Å². The number of hydrogen-bond donors (Lipinski definition) is 1. The van der Waals surface area contributed by atoms with E-state index in [1.165, 1.54) is 0 Å². The Morgan fingerprint density at radius 1 is 1.14 bits per heavy atom. The first-order chi connectivity index (χ1) is 13.6. The monoisotopic (exact) mass is 390 g/mol. The van der Waals surface area contributed by atoms with E-state index in [0.717, 1.165) is 38.7 Å². The van der Waals surface area contributed by atoms with E-state index in [-0.39, 0.29) is 5.91 Å². The molecule has 0 fully saturated rings. The second-order valence-corrected chi connectivity index (χ2v) is 7.82. The van der Waals surface area contributed by atoms with Gasteiger partial charge in [-0.05, 0) is 37.3 Å².